The molecule has 2 aliphatic rings. The van der Waals surface area contributed by atoms with Gasteiger partial charge in [-0.25, -0.2) is 0 Å². The summed E-state index contributed by atoms with van der Waals surface area (Å²) in [5.74, 6) is -0.608. The third-order valence-corrected chi connectivity index (χ3v) is 8.78. The largest absolute Gasteiger partial charge is 0.369 e. The second kappa shape index (κ2) is 9.83. The summed E-state index contributed by atoms with van der Waals surface area (Å²) in [7, 11) is 0. The van der Waals surface area contributed by atoms with Crippen LogP contribution in [0.2, 0.25) is 0 Å². The second-order valence-corrected chi connectivity index (χ2v) is 10.7. The average molecular weight is 516 g/mol. The Bertz CT molecular complexity index is 1370. The van der Waals surface area contributed by atoms with Crippen molar-refractivity contribution in [2.75, 3.05) is 13.1 Å². The number of hydrogen-bond acceptors (Lipinski definition) is 3. The highest BCUT2D eigenvalue weighted by Gasteiger charge is 2.48. The maximum atomic E-state index is 13.0. The number of nitrogens with one attached hydrogen (secondary N) is 1. The molecular formula is C34H33N3O2. The predicted octanol–water partition coefficient (Wildman–Crippen LogP) is 5.04. The molecule has 0 unspecified atom stereocenters. The summed E-state index contributed by atoms with van der Waals surface area (Å²) in [5.41, 5.74) is 19.0. The van der Waals surface area contributed by atoms with Gasteiger partial charge in [0.25, 0.3) is 0 Å². The molecule has 2 amide bonds. The highest BCUT2D eigenvalue weighted by Crippen LogP contribution is 2.52. The lowest BCUT2D eigenvalue weighted by Gasteiger charge is -2.29. The molecule has 5 heteroatoms. The van der Waals surface area contributed by atoms with Crippen LogP contribution in [0.5, 0.6) is 0 Å². The number of benzene rings is 4. The molecule has 5 nitrogen and oxygen atoms in total. The van der Waals surface area contributed by atoms with Gasteiger partial charge in [-0.3, -0.25) is 9.59 Å². The molecule has 0 aromatic heterocycles. The van der Waals surface area contributed by atoms with Gasteiger partial charge in [0.2, 0.25) is 11.8 Å². The maximum Gasteiger partial charge on any atom is 0.232 e. The van der Waals surface area contributed by atoms with E-state index >= 15 is 0 Å². The Labute approximate surface area is 229 Å². The van der Waals surface area contributed by atoms with Crippen LogP contribution < -0.4 is 16.8 Å². The zero-order valence-electron chi connectivity index (χ0n) is 22.0. The van der Waals surface area contributed by atoms with Crippen LogP contribution >= 0.6 is 0 Å². The molecule has 0 saturated heterocycles. The fourth-order valence-corrected chi connectivity index (χ4v) is 7.05. The average Bonchev–Trinajstić information content (AvgIpc) is 3.42. The van der Waals surface area contributed by atoms with Gasteiger partial charge < -0.3 is 16.8 Å². The molecule has 0 radical (unpaired) electrons. The summed E-state index contributed by atoms with van der Waals surface area (Å²) < 4.78 is 0. The van der Waals surface area contributed by atoms with Crippen molar-refractivity contribution >= 4 is 11.8 Å². The van der Waals surface area contributed by atoms with Crippen LogP contribution in [0.1, 0.15) is 47.9 Å². The van der Waals surface area contributed by atoms with Gasteiger partial charge in [0.15, 0.2) is 0 Å². The summed E-state index contributed by atoms with van der Waals surface area (Å²) in [6, 6.07) is 32.4. The second-order valence-electron chi connectivity index (χ2n) is 10.7. The van der Waals surface area contributed by atoms with Crippen LogP contribution in [0.15, 0.2) is 97.1 Å². The molecule has 2 aliphatic carbocycles. The zero-order valence-corrected chi connectivity index (χ0v) is 22.0. The fourth-order valence-electron chi connectivity index (χ4n) is 7.05. The van der Waals surface area contributed by atoms with E-state index in [-0.39, 0.29) is 11.8 Å². The van der Waals surface area contributed by atoms with Crippen LogP contribution in [0.4, 0.5) is 0 Å². The third kappa shape index (κ3) is 3.72. The molecule has 39 heavy (non-hydrogen) atoms. The van der Waals surface area contributed by atoms with Gasteiger partial charge in [0.05, 0.1) is 10.8 Å². The number of hydrogen-bond donors (Lipinski definition) is 3. The Morgan fingerprint density at radius 3 is 1.08 bits per heavy atom. The van der Waals surface area contributed by atoms with Crippen molar-refractivity contribution < 1.29 is 9.59 Å². The van der Waals surface area contributed by atoms with Gasteiger partial charge in [-0.05, 0) is 83.3 Å². The smallest absolute Gasteiger partial charge is 0.232 e. The summed E-state index contributed by atoms with van der Waals surface area (Å²) in [6.45, 7) is 1.49. The molecule has 4 aromatic rings. The van der Waals surface area contributed by atoms with E-state index < -0.39 is 10.8 Å². The van der Waals surface area contributed by atoms with E-state index in [4.69, 9.17) is 11.5 Å². The Kier molecular flexibility index (Phi) is 6.32. The van der Waals surface area contributed by atoms with Crippen molar-refractivity contribution in [2.24, 2.45) is 11.5 Å². The first-order chi connectivity index (χ1) is 19.0. The third-order valence-electron chi connectivity index (χ3n) is 8.78. The normalized spacial score (nSPS) is 15.2. The Hall–Kier alpha value is -4.22. The Morgan fingerprint density at radius 1 is 0.513 bits per heavy atom. The molecule has 0 fully saturated rings. The summed E-state index contributed by atoms with van der Waals surface area (Å²) >= 11 is 0. The summed E-state index contributed by atoms with van der Waals surface area (Å²) in [6.07, 6.45) is 2.85. The van der Waals surface area contributed by atoms with Gasteiger partial charge in [0, 0.05) is 0 Å². The molecule has 0 aliphatic heterocycles. The monoisotopic (exact) mass is 515 g/mol. The lowest BCUT2D eigenvalue weighted by molar-refractivity contribution is -0.123. The minimum absolute atomic E-state index is 0.304. The van der Waals surface area contributed by atoms with E-state index in [1.165, 1.54) is 0 Å². The molecule has 0 spiro atoms. The van der Waals surface area contributed by atoms with Crippen molar-refractivity contribution in [3.05, 3.63) is 119 Å². The summed E-state index contributed by atoms with van der Waals surface area (Å²) in [5, 5.41) is 3.54. The van der Waals surface area contributed by atoms with Crippen LogP contribution in [0.3, 0.4) is 0 Å². The topological polar surface area (TPSA) is 98.2 Å². The molecule has 196 valence electrons. The van der Waals surface area contributed by atoms with Crippen LogP contribution in [-0.2, 0) is 20.4 Å². The van der Waals surface area contributed by atoms with Crippen molar-refractivity contribution in [1.29, 1.82) is 0 Å². The molecular weight excluding hydrogens is 482 g/mol. The van der Waals surface area contributed by atoms with Crippen LogP contribution in [0, 0.1) is 0 Å². The first kappa shape index (κ1) is 25.1. The molecule has 4 aromatic carbocycles. The number of rotatable bonds is 10. The van der Waals surface area contributed by atoms with Gasteiger partial charge in [-0.15, -0.1) is 0 Å². The van der Waals surface area contributed by atoms with E-state index in [1.807, 2.05) is 72.8 Å². The fraction of sp³-hybridized carbons (Fsp3) is 0.235. The minimum atomic E-state index is -0.817. The van der Waals surface area contributed by atoms with E-state index in [0.29, 0.717) is 12.8 Å². The lowest BCUT2D eigenvalue weighted by atomic mass is 9.73. The number of primary amides is 2. The molecule has 0 bridgehead atoms. The van der Waals surface area contributed by atoms with Gasteiger partial charge in [-0.1, -0.05) is 97.1 Å². The Balaban J connectivity index is 1.13. The number of nitrogens with two attached hydrogens (primary N) is 2. The maximum absolute atomic E-state index is 13.0. The molecule has 0 saturated carbocycles. The lowest BCUT2D eigenvalue weighted by Crippen LogP contribution is -2.42. The van der Waals surface area contributed by atoms with Crippen LogP contribution in [-0.4, -0.2) is 24.9 Å². The van der Waals surface area contributed by atoms with Crippen LogP contribution in [0.25, 0.3) is 22.3 Å². The minimum Gasteiger partial charge on any atom is -0.369 e. The van der Waals surface area contributed by atoms with E-state index in [1.54, 1.807) is 0 Å². The van der Waals surface area contributed by atoms with Gasteiger partial charge >= 0.3 is 0 Å². The molecule has 6 rings (SSSR count). The Morgan fingerprint density at radius 2 is 0.795 bits per heavy atom. The number of carbonyl (C=O) groups is 2. The van der Waals surface area contributed by atoms with Crippen molar-refractivity contribution in [3.8, 4) is 22.3 Å². The van der Waals surface area contributed by atoms with Crippen molar-refractivity contribution in [2.45, 2.75) is 36.5 Å². The number of carbonyl (C=O) groups excluding carboxylic acids is 2. The first-order valence-corrected chi connectivity index (χ1v) is 13.7. The summed E-state index contributed by atoms with van der Waals surface area (Å²) in [4.78, 5) is 26.0. The number of amides is 2. The van der Waals surface area contributed by atoms with E-state index in [0.717, 1.165) is 70.4 Å². The van der Waals surface area contributed by atoms with Crippen molar-refractivity contribution in [3.63, 3.8) is 0 Å². The SMILES string of the molecule is NC(=O)C1(CCCNCCCC2(C(N)=O)c3ccccc3-c3ccccc32)c2ccccc2-c2ccccc21. The standard InChI is InChI=1S/C34H33N3O2/c35-31(38)33(27-15-5-1-11-23(27)24-12-2-6-16-28(24)33)19-9-21-37-22-10-20-34(32(36)39)29-17-7-3-13-25(29)26-14-4-8-18-30(26)34/h1-8,11-18,37H,9-10,19-22H2,(H2,35,38)(H2,36,39). The molecule has 0 heterocycles. The predicted molar refractivity (Wildman–Crippen MR) is 155 cm³/mol. The van der Waals surface area contributed by atoms with Gasteiger partial charge in [0.1, 0.15) is 0 Å². The first-order valence-electron chi connectivity index (χ1n) is 13.7. The van der Waals surface area contributed by atoms with Gasteiger partial charge in [-0.2, -0.15) is 0 Å². The molecule has 5 N–H and O–H groups in total. The molecule has 0 atom stereocenters. The highest BCUT2D eigenvalue weighted by atomic mass is 16.1. The zero-order chi connectivity index (χ0) is 27.0. The van der Waals surface area contributed by atoms with E-state index in [9.17, 15) is 9.59 Å². The quantitative estimate of drug-likeness (QED) is 0.258. The van der Waals surface area contributed by atoms with Crippen molar-refractivity contribution in [1.82, 2.24) is 5.32 Å². The highest BCUT2D eigenvalue weighted by molar-refractivity contribution is 6.00. The number of fused-ring (bicyclic) bond motifs is 6. The van der Waals surface area contributed by atoms with E-state index in [2.05, 4.69) is 29.6 Å².